The van der Waals surface area contributed by atoms with Crippen LogP contribution in [0.15, 0.2) is 29.7 Å². The molecule has 19 heavy (non-hydrogen) atoms. The van der Waals surface area contributed by atoms with Crippen LogP contribution in [0.2, 0.25) is 5.02 Å². The summed E-state index contributed by atoms with van der Waals surface area (Å²) in [4.78, 5) is 21.9. The first-order valence-electron chi connectivity index (χ1n) is 5.01. The average Bonchev–Trinajstić information content (AvgIpc) is 2.89. The zero-order valence-electron chi connectivity index (χ0n) is 9.32. The van der Waals surface area contributed by atoms with Gasteiger partial charge in [0.15, 0.2) is 5.78 Å². The molecule has 0 saturated carbocycles. The van der Waals surface area contributed by atoms with Crippen LogP contribution in [0.4, 0.5) is 5.69 Å². The number of rotatable bonds is 4. The van der Waals surface area contributed by atoms with Crippen LogP contribution >= 0.6 is 23.1 Å². The van der Waals surface area contributed by atoms with Crippen LogP contribution in [0.5, 0.6) is 0 Å². The molecule has 0 radical (unpaired) electrons. The van der Waals surface area contributed by atoms with E-state index in [9.17, 15) is 14.9 Å². The largest absolute Gasteiger partial charge is 0.289 e. The molecule has 0 fully saturated rings. The number of hydrogen-bond acceptors (Lipinski definition) is 6. The molecule has 0 unspecified atom stereocenters. The third-order valence-corrected chi connectivity index (χ3v) is 3.05. The second-order valence-electron chi connectivity index (χ2n) is 3.45. The molecule has 8 heteroatoms. The number of nitro groups is 1. The Kier molecular flexibility index (Phi) is 3.98. The summed E-state index contributed by atoms with van der Waals surface area (Å²) in [6, 6.07) is 3.90. The molecule has 0 aliphatic heterocycles. The zero-order chi connectivity index (χ0) is 13.8. The minimum atomic E-state index is -0.632. The van der Waals surface area contributed by atoms with Crippen LogP contribution in [0, 0.1) is 10.1 Å². The normalized spacial score (nSPS) is 10.8. The Labute approximate surface area is 116 Å². The molecule has 96 valence electrons. The molecule has 1 aromatic carbocycles. The Hall–Kier alpha value is -2.12. The minimum Gasteiger partial charge on any atom is -0.289 e. The van der Waals surface area contributed by atoms with Gasteiger partial charge in [-0.3, -0.25) is 14.9 Å². The summed E-state index contributed by atoms with van der Waals surface area (Å²) in [5.41, 5.74) is 0.452. The van der Waals surface area contributed by atoms with Crippen LogP contribution in [0.3, 0.4) is 0 Å². The van der Waals surface area contributed by atoms with E-state index in [4.69, 9.17) is 11.6 Å². The molecule has 6 nitrogen and oxygen atoms in total. The van der Waals surface area contributed by atoms with Crippen molar-refractivity contribution in [1.29, 1.82) is 0 Å². The summed E-state index contributed by atoms with van der Waals surface area (Å²) in [6.45, 7) is 0. The van der Waals surface area contributed by atoms with Gasteiger partial charge >= 0.3 is 0 Å². The summed E-state index contributed by atoms with van der Waals surface area (Å²) in [7, 11) is 0. The lowest BCUT2D eigenvalue weighted by Crippen LogP contribution is -1.97. The third kappa shape index (κ3) is 3.21. The Bertz CT molecular complexity index is 655. The van der Waals surface area contributed by atoms with E-state index in [0.29, 0.717) is 5.69 Å². The zero-order valence-corrected chi connectivity index (χ0v) is 10.9. The molecular weight excluding hydrogens is 290 g/mol. The molecule has 2 rings (SSSR count). The minimum absolute atomic E-state index is 0.00534. The fourth-order valence-electron chi connectivity index (χ4n) is 1.31. The fourth-order valence-corrected chi connectivity index (χ4v) is 1.92. The summed E-state index contributed by atoms with van der Waals surface area (Å²) in [5.74, 6) is -0.368. The van der Waals surface area contributed by atoms with Crippen molar-refractivity contribution in [3.63, 3.8) is 0 Å². The van der Waals surface area contributed by atoms with Gasteiger partial charge in [0.25, 0.3) is 5.69 Å². The fraction of sp³-hybridized carbons (Fsp3) is 0. The maximum atomic E-state index is 11.8. The molecule has 0 aliphatic carbocycles. The number of allylic oxidation sites excluding steroid dienone is 1. The van der Waals surface area contributed by atoms with E-state index in [2.05, 4.69) is 9.59 Å². The lowest BCUT2D eigenvalue weighted by Gasteiger charge is -1.98. The van der Waals surface area contributed by atoms with E-state index in [0.717, 1.165) is 17.6 Å². The van der Waals surface area contributed by atoms with Crippen molar-refractivity contribution in [2.24, 2.45) is 0 Å². The van der Waals surface area contributed by atoms with E-state index in [1.165, 1.54) is 24.3 Å². The topological polar surface area (TPSA) is 86.0 Å². The molecule has 0 spiro atoms. The number of carbonyl (C=O) groups is 1. The van der Waals surface area contributed by atoms with Gasteiger partial charge in [0, 0.05) is 17.0 Å². The van der Waals surface area contributed by atoms with Crippen LogP contribution in [0.1, 0.15) is 16.1 Å². The summed E-state index contributed by atoms with van der Waals surface area (Å²) < 4.78 is 3.64. The molecule has 0 N–H and O–H groups in total. The first-order chi connectivity index (χ1) is 9.08. The van der Waals surface area contributed by atoms with Crippen molar-refractivity contribution in [2.45, 2.75) is 0 Å². The Morgan fingerprint density at radius 2 is 2.26 bits per heavy atom. The predicted molar refractivity (Wildman–Crippen MR) is 71.4 cm³/mol. The molecule has 0 saturated heterocycles. The van der Waals surface area contributed by atoms with E-state index >= 15 is 0 Å². The molecule has 0 amide bonds. The number of benzene rings is 1. The number of ketones is 1. The van der Waals surface area contributed by atoms with Gasteiger partial charge in [-0.05, 0) is 35.8 Å². The average molecular weight is 296 g/mol. The highest BCUT2D eigenvalue weighted by Crippen LogP contribution is 2.25. The van der Waals surface area contributed by atoms with Crippen molar-refractivity contribution in [1.82, 2.24) is 9.59 Å². The number of hydrogen-bond donors (Lipinski definition) is 0. The number of aromatic nitrogens is 2. The van der Waals surface area contributed by atoms with Crippen LogP contribution in [-0.2, 0) is 0 Å². The smallest absolute Gasteiger partial charge is 0.288 e. The highest BCUT2D eigenvalue weighted by Gasteiger charge is 2.14. The van der Waals surface area contributed by atoms with Crippen LogP contribution in [-0.4, -0.2) is 20.3 Å². The van der Waals surface area contributed by atoms with Crippen LogP contribution in [0.25, 0.3) is 6.08 Å². The van der Waals surface area contributed by atoms with Crippen LogP contribution < -0.4 is 0 Å². The van der Waals surface area contributed by atoms with E-state index in [1.54, 1.807) is 5.38 Å². The SMILES string of the molecule is O=C(/C=C/c1csnn1)c1ccc(Cl)c([N+](=O)[O-])c1. The summed E-state index contributed by atoms with van der Waals surface area (Å²) in [6.07, 6.45) is 2.77. The summed E-state index contributed by atoms with van der Waals surface area (Å²) in [5, 5.41) is 16.1. The number of nitro benzene ring substituents is 1. The van der Waals surface area contributed by atoms with Gasteiger partial charge in [-0.2, -0.15) is 0 Å². The van der Waals surface area contributed by atoms with Gasteiger partial charge in [-0.1, -0.05) is 16.1 Å². The highest BCUT2D eigenvalue weighted by molar-refractivity contribution is 7.03. The molecule has 2 aromatic rings. The van der Waals surface area contributed by atoms with Gasteiger partial charge in [-0.25, -0.2) is 0 Å². The molecule has 1 heterocycles. The van der Waals surface area contributed by atoms with Crippen molar-refractivity contribution >= 4 is 40.7 Å². The van der Waals surface area contributed by atoms with E-state index in [1.807, 2.05) is 0 Å². The lowest BCUT2D eigenvalue weighted by atomic mass is 10.1. The monoisotopic (exact) mass is 295 g/mol. The van der Waals surface area contributed by atoms with Crippen molar-refractivity contribution in [2.75, 3.05) is 0 Å². The van der Waals surface area contributed by atoms with Crippen molar-refractivity contribution in [3.8, 4) is 0 Å². The first-order valence-corrected chi connectivity index (χ1v) is 6.23. The first kappa shape index (κ1) is 13.3. The van der Waals surface area contributed by atoms with Gasteiger partial charge < -0.3 is 0 Å². The van der Waals surface area contributed by atoms with E-state index in [-0.39, 0.29) is 22.1 Å². The Morgan fingerprint density at radius 1 is 1.47 bits per heavy atom. The quantitative estimate of drug-likeness (QED) is 0.374. The molecule has 0 atom stereocenters. The standard InChI is InChI=1S/C11H6ClN3O3S/c12-9-3-1-7(5-10(9)15(17)18)11(16)4-2-8-6-19-14-13-8/h1-6H/b4-2+. The van der Waals surface area contributed by atoms with Crippen molar-refractivity contribution < 1.29 is 9.72 Å². The molecule has 1 aromatic heterocycles. The summed E-state index contributed by atoms with van der Waals surface area (Å²) >= 11 is 6.83. The lowest BCUT2D eigenvalue weighted by molar-refractivity contribution is -0.384. The van der Waals surface area contributed by atoms with E-state index < -0.39 is 4.92 Å². The Morgan fingerprint density at radius 3 is 2.89 bits per heavy atom. The number of carbonyl (C=O) groups excluding carboxylic acids is 1. The maximum Gasteiger partial charge on any atom is 0.288 e. The number of nitrogens with zero attached hydrogens (tertiary/aromatic N) is 3. The van der Waals surface area contributed by atoms with Gasteiger partial charge in [-0.15, -0.1) is 5.10 Å². The van der Waals surface area contributed by atoms with Gasteiger partial charge in [0.1, 0.15) is 5.02 Å². The maximum absolute atomic E-state index is 11.8. The number of halogens is 1. The second-order valence-corrected chi connectivity index (χ2v) is 4.47. The highest BCUT2D eigenvalue weighted by atomic mass is 35.5. The van der Waals surface area contributed by atoms with Gasteiger partial charge in [0.05, 0.1) is 10.6 Å². The van der Waals surface area contributed by atoms with Crippen molar-refractivity contribution in [3.05, 3.63) is 56.0 Å². The Balaban J connectivity index is 2.24. The molecule has 0 aliphatic rings. The molecule has 0 bridgehead atoms. The molecular formula is C11H6ClN3O3S. The van der Waals surface area contributed by atoms with Gasteiger partial charge in [0.2, 0.25) is 0 Å². The third-order valence-electron chi connectivity index (χ3n) is 2.21. The second kappa shape index (κ2) is 5.68. The predicted octanol–water partition coefficient (Wildman–Crippen LogP) is 3.00.